The highest BCUT2D eigenvalue weighted by Gasteiger charge is 2.23. The number of pyridine rings is 1. The van der Waals surface area contributed by atoms with Crippen molar-refractivity contribution in [3.8, 4) is 5.88 Å². The maximum Gasteiger partial charge on any atom is 0.264 e. The Balaban J connectivity index is 2.50. The summed E-state index contributed by atoms with van der Waals surface area (Å²) in [6, 6.07) is 1.86. The fourth-order valence-corrected chi connectivity index (χ4v) is 1.39. The fraction of sp³-hybridized carbons (Fsp3) is 0.273. The van der Waals surface area contributed by atoms with E-state index in [0.29, 0.717) is 11.6 Å². The van der Waals surface area contributed by atoms with Crippen molar-refractivity contribution < 1.29 is 9.53 Å². The minimum atomic E-state index is -0.0665. The molecule has 0 N–H and O–H groups in total. The van der Waals surface area contributed by atoms with Crippen molar-refractivity contribution in [1.29, 1.82) is 0 Å². The first kappa shape index (κ1) is 9.71. The van der Waals surface area contributed by atoms with Crippen molar-refractivity contribution in [2.45, 2.75) is 6.92 Å². The lowest BCUT2D eigenvalue weighted by Crippen LogP contribution is -2.35. The lowest BCUT2D eigenvalue weighted by Gasteiger charge is -2.25. The SMILES string of the molecule is C=C(C)c1cnc2c(c1)N(C)C(=O)CO2. The molecular formula is C11H12N2O2. The molecule has 0 atom stereocenters. The van der Waals surface area contributed by atoms with Crippen LogP contribution in [0.25, 0.3) is 5.57 Å². The van der Waals surface area contributed by atoms with Gasteiger partial charge in [0.1, 0.15) is 5.69 Å². The van der Waals surface area contributed by atoms with Crippen molar-refractivity contribution in [2.75, 3.05) is 18.6 Å². The zero-order valence-electron chi connectivity index (χ0n) is 8.78. The van der Waals surface area contributed by atoms with Crippen LogP contribution in [0.1, 0.15) is 12.5 Å². The monoisotopic (exact) mass is 204 g/mol. The number of carbonyl (C=O) groups excluding carboxylic acids is 1. The molecule has 0 saturated heterocycles. The second-order valence-corrected chi connectivity index (χ2v) is 3.57. The van der Waals surface area contributed by atoms with Crippen LogP contribution in [0, 0.1) is 0 Å². The molecule has 78 valence electrons. The quantitative estimate of drug-likeness (QED) is 0.695. The van der Waals surface area contributed by atoms with E-state index >= 15 is 0 Å². The Hall–Kier alpha value is -1.84. The standard InChI is InChI=1S/C11H12N2O2/c1-7(2)8-4-9-11(12-5-8)15-6-10(14)13(9)3/h4-5H,1,6H2,2-3H3. The van der Waals surface area contributed by atoms with Gasteiger partial charge in [-0.05, 0) is 24.1 Å². The summed E-state index contributed by atoms with van der Waals surface area (Å²) in [6.45, 7) is 5.79. The highest BCUT2D eigenvalue weighted by atomic mass is 16.5. The summed E-state index contributed by atoms with van der Waals surface area (Å²) in [5.74, 6) is 0.435. The predicted molar refractivity (Wildman–Crippen MR) is 57.9 cm³/mol. The van der Waals surface area contributed by atoms with Crippen LogP contribution in [0.5, 0.6) is 5.88 Å². The van der Waals surface area contributed by atoms with Crippen molar-refractivity contribution in [3.63, 3.8) is 0 Å². The molecule has 1 aliphatic rings. The Morgan fingerprint density at radius 1 is 1.67 bits per heavy atom. The smallest absolute Gasteiger partial charge is 0.264 e. The van der Waals surface area contributed by atoms with Crippen LogP contribution in [-0.2, 0) is 4.79 Å². The number of nitrogens with zero attached hydrogens (tertiary/aromatic N) is 2. The molecule has 4 heteroatoms. The van der Waals surface area contributed by atoms with E-state index in [1.807, 2.05) is 13.0 Å². The lowest BCUT2D eigenvalue weighted by atomic mass is 10.1. The van der Waals surface area contributed by atoms with Gasteiger partial charge in [-0.3, -0.25) is 4.79 Å². The van der Waals surface area contributed by atoms with E-state index in [0.717, 1.165) is 11.1 Å². The summed E-state index contributed by atoms with van der Waals surface area (Å²) in [5.41, 5.74) is 2.53. The number of hydrogen-bond donors (Lipinski definition) is 0. The second-order valence-electron chi connectivity index (χ2n) is 3.57. The van der Waals surface area contributed by atoms with E-state index in [2.05, 4.69) is 11.6 Å². The highest BCUT2D eigenvalue weighted by Crippen LogP contribution is 2.30. The molecule has 1 amide bonds. The summed E-state index contributed by atoms with van der Waals surface area (Å²) in [4.78, 5) is 17.1. The average Bonchev–Trinajstić information content (AvgIpc) is 2.23. The molecule has 0 radical (unpaired) electrons. The molecule has 0 aliphatic carbocycles. The van der Waals surface area contributed by atoms with Gasteiger partial charge in [0.15, 0.2) is 6.61 Å². The third-order valence-electron chi connectivity index (χ3n) is 2.39. The average molecular weight is 204 g/mol. The number of fused-ring (bicyclic) bond motifs is 1. The fourth-order valence-electron chi connectivity index (χ4n) is 1.39. The van der Waals surface area contributed by atoms with Gasteiger partial charge in [0.25, 0.3) is 5.91 Å². The normalized spacial score (nSPS) is 14.5. The predicted octanol–water partition coefficient (Wildman–Crippen LogP) is 1.47. The van der Waals surface area contributed by atoms with Crippen molar-refractivity contribution >= 4 is 17.2 Å². The Morgan fingerprint density at radius 2 is 2.40 bits per heavy atom. The van der Waals surface area contributed by atoms with Crippen LogP contribution in [0.3, 0.4) is 0 Å². The van der Waals surface area contributed by atoms with E-state index in [-0.39, 0.29) is 12.5 Å². The van der Waals surface area contributed by atoms with Gasteiger partial charge in [-0.25, -0.2) is 4.98 Å². The molecule has 2 heterocycles. The maximum atomic E-state index is 11.4. The Kier molecular flexibility index (Phi) is 2.19. The zero-order valence-corrected chi connectivity index (χ0v) is 8.78. The molecule has 0 spiro atoms. The lowest BCUT2D eigenvalue weighted by molar-refractivity contribution is -0.121. The maximum absolute atomic E-state index is 11.4. The van der Waals surface area contributed by atoms with Crippen molar-refractivity contribution in [3.05, 3.63) is 24.4 Å². The Morgan fingerprint density at radius 3 is 3.07 bits per heavy atom. The van der Waals surface area contributed by atoms with Gasteiger partial charge in [0.05, 0.1) is 0 Å². The van der Waals surface area contributed by atoms with Gasteiger partial charge < -0.3 is 9.64 Å². The first-order valence-electron chi connectivity index (χ1n) is 4.65. The summed E-state index contributed by atoms with van der Waals surface area (Å²) in [7, 11) is 1.72. The molecule has 0 bridgehead atoms. The summed E-state index contributed by atoms with van der Waals surface area (Å²) >= 11 is 0. The van der Waals surface area contributed by atoms with Crippen LogP contribution in [0.15, 0.2) is 18.8 Å². The molecule has 1 aliphatic heterocycles. The van der Waals surface area contributed by atoms with E-state index in [4.69, 9.17) is 4.74 Å². The molecular weight excluding hydrogens is 192 g/mol. The van der Waals surface area contributed by atoms with Gasteiger partial charge in [0.2, 0.25) is 5.88 Å². The third kappa shape index (κ3) is 1.58. The Labute approximate surface area is 88.2 Å². The number of hydrogen-bond acceptors (Lipinski definition) is 3. The van der Waals surface area contributed by atoms with Crippen LogP contribution in [-0.4, -0.2) is 24.5 Å². The number of allylic oxidation sites excluding steroid dienone is 1. The molecule has 1 aromatic heterocycles. The number of ether oxygens (including phenoxy) is 1. The minimum absolute atomic E-state index is 0.0585. The second kappa shape index (κ2) is 3.38. The number of amides is 1. The summed E-state index contributed by atoms with van der Waals surface area (Å²) < 4.78 is 5.21. The number of aromatic nitrogens is 1. The highest BCUT2D eigenvalue weighted by molar-refractivity contribution is 5.97. The van der Waals surface area contributed by atoms with Crippen LogP contribution in [0.2, 0.25) is 0 Å². The molecule has 0 saturated carbocycles. The number of likely N-dealkylation sites (N-methyl/N-ethyl adjacent to an activating group) is 1. The van der Waals surface area contributed by atoms with Gasteiger partial charge in [-0.2, -0.15) is 0 Å². The third-order valence-corrected chi connectivity index (χ3v) is 2.39. The van der Waals surface area contributed by atoms with Gasteiger partial charge >= 0.3 is 0 Å². The van der Waals surface area contributed by atoms with Crippen LogP contribution < -0.4 is 9.64 Å². The molecule has 4 nitrogen and oxygen atoms in total. The first-order chi connectivity index (χ1) is 7.09. The van der Waals surface area contributed by atoms with Crippen molar-refractivity contribution in [1.82, 2.24) is 4.98 Å². The topological polar surface area (TPSA) is 42.4 Å². The van der Waals surface area contributed by atoms with Crippen LogP contribution in [0.4, 0.5) is 5.69 Å². The Bertz CT molecular complexity index is 440. The van der Waals surface area contributed by atoms with E-state index in [9.17, 15) is 4.79 Å². The summed E-state index contributed by atoms with van der Waals surface area (Å²) in [6.07, 6.45) is 1.70. The molecule has 15 heavy (non-hydrogen) atoms. The minimum Gasteiger partial charge on any atom is -0.466 e. The number of rotatable bonds is 1. The number of anilines is 1. The van der Waals surface area contributed by atoms with Crippen LogP contribution >= 0.6 is 0 Å². The van der Waals surface area contributed by atoms with Crippen molar-refractivity contribution in [2.24, 2.45) is 0 Å². The summed E-state index contributed by atoms with van der Waals surface area (Å²) in [5, 5.41) is 0. The van der Waals surface area contributed by atoms with Gasteiger partial charge in [-0.1, -0.05) is 6.58 Å². The van der Waals surface area contributed by atoms with Gasteiger partial charge in [-0.15, -0.1) is 0 Å². The van der Waals surface area contributed by atoms with E-state index in [1.54, 1.807) is 18.1 Å². The molecule has 0 unspecified atom stereocenters. The molecule has 0 fully saturated rings. The molecule has 2 rings (SSSR count). The molecule has 1 aromatic rings. The first-order valence-corrected chi connectivity index (χ1v) is 4.65. The number of carbonyl (C=O) groups is 1. The zero-order chi connectivity index (χ0) is 11.0. The largest absolute Gasteiger partial charge is 0.466 e. The molecule has 0 aromatic carbocycles. The van der Waals surface area contributed by atoms with E-state index in [1.165, 1.54) is 0 Å². The van der Waals surface area contributed by atoms with E-state index < -0.39 is 0 Å². The van der Waals surface area contributed by atoms with Gasteiger partial charge in [0, 0.05) is 13.2 Å².